The monoisotopic (exact) mass is 346 g/mol. The lowest BCUT2D eigenvalue weighted by molar-refractivity contribution is -0.00777. The highest BCUT2D eigenvalue weighted by atomic mass is 16.5. The summed E-state index contributed by atoms with van der Waals surface area (Å²) in [5.41, 5.74) is 1.21. The fourth-order valence-corrected chi connectivity index (χ4v) is 5.04. The van der Waals surface area contributed by atoms with Crippen LogP contribution in [-0.4, -0.2) is 52.3 Å². The molecule has 5 nitrogen and oxygen atoms in total. The average Bonchev–Trinajstić information content (AvgIpc) is 3.09. The molecule has 0 bridgehead atoms. The van der Waals surface area contributed by atoms with Gasteiger partial charge in [0.15, 0.2) is 0 Å². The molecule has 4 rings (SSSR count). The summed E-state index contributed by atoms with van der Waals surface area (Å²) in [4.78, 5) is 7.02. The van der Waals surface area contributed by atoms with Gasteiger partial charge in [0.2, 0.25) is 0 Å². The molecule has 3 heterocycles. The van der Waals surface area contributed by atoms with Crippen molar-refractivity contribution in [3.8, 4) is 0 Å². The zero-order valence-electron chi connectivity index (χ0n) is 15.7. The number of aryl methyl sites for hydroxylation is 1. The molecule has 0 radical (unpaired) electrons. The largest absolute Gasteiger partial charge is 0.372 e. The van der Waals surface area contributed by atoms with Crippen molar-refractivity contribution in [3.05, 3.63) is 18.2 Å². The van der Waals surface area contributed by atoms with E-state index in [2.05, 4.69) is 26.8 Å². The van der Waals surface area contributed by atoms with Crippen LogP contribution in [0.5, 0.6) is 0 Å². The van der Waals surface area contributed by atoms with Gasteiger partial charge >= 0.3 is 0 Å². The lowest BCUT2D eigenvalue weighted by Crippen LogP contribution is -2.50. The Kier molecular flexibility index (Phi) is 5.73. The number of hydrogen-bond acceptors (Lipinski definition) is 4. The van der Waals surface area contributed by atoms with E-state index in [1.807, 2.05) is 12.5 Å². The van der Waals surface area contributed by atoms with E-state index in [0.29, 0.717) is 12.1 Å². The van der Waals surface area contributed by atoms with Gasteiger partial charge in [0.1, 0.15) is 6.10 Å². The predicted octanol–water partition coefficient (Wildman–Crippen LogP) is 3.03. The summed E-state index contributed by atoms with van der Waals surface area (Å²) >= 11 is 0. The molecular formula is C20H34N4O. The Morgan fingerprint density at radius 2 is 1.84 bits per heavy atom. The van der Waals surface area contributed by atoms with E-state index >= 15 is 0 Å². The minimum absolute atomic E-state index is 0.195. The van der Waals surface area contributed by atoms with Gasteiger partial charge in [0.25, 0.3) is 0 Å². The van der Waals surface area contributed by atoms with Gasteiger partial charge in [-0.3, -0.25) is 0 Å². The van der Waals surface area contributed by atoms with Gasteiger partial charge in [0, 0.05) is 31.8 Å². The Labute approximate surface area is 152 Å². The zero-order chi connectivity index (χ0) is 17.1. The number of piperidine rings is 1. The maximum Gasteiger partial charge on any atom is 0.100 e. The molecule has 140 valence electrons. The Morgan fingerprint density at radius 1 is 1.04 bits per heavy atom. The molecule has 3 fully saturated rings. The number of hydrogen-bond donors (Lipinski definition) is 1. The second-order valence-electron chi connectivity index (χ2n) is 8.28. The van der Waals surface area contributed by atoms with Crippen LogP contribution < -0.4 is 5.32 Å². The van der Waals surface area contributed by atoms with Crippen molar-refractivity contribution >= 4 is 0 Å². The highest BCUT2D eigenvalue weighted by molar-refractivity contribution is 5.04. The van der Waals surface area contributed by atoms with E-state index in [9.17, 15) is 0 Å². The number of aromatic nitrogens is 2. The lowest BCUT2D eigenvalue weighted by atomic mass is 9.91. The van der Waals surface area contributed by atoms with Crippen LogP contribution in [0.4, 0.5) is 0 Å². The smallest absolute Gasteiger partial charge is 0.100 e. The van der Waals surface area contributed by atoms with Crippen LogP contribution in [0.2, 0.25) is 0 Å². The first-order valence-corrected chi connectivity index (χ1v) is 10.4. The Hall–Kier alpha value is -0.910. The molecule has 5 heteroatoms. The SMILES string of the molecule is Cn1cncc1C1CC(NC2CCN(C3CCCCC3)CC2)CCO1. The molecule has 2 aliphatic heterocycles. The van der Waals surface area contributed by atoms with Crippen molar-refractivity contribution in [2.75, 3.05) is 19.7 Å². The molecule has 1 aliphatic carbocycles. The predicted molar refractivity (Wildman–Crippen MR) is 99.5 cm³/mol. The molecule has 3 aliphatic rings. The molecule has 2 atom stereocenters. The number of nitrogens with zero attached hydrogens (tertiary/aromatic N) is 3. The van der Waals surface area contributed by atoms with E-state index in [1.54, 1.807) is 0 Å². The van der Waals surface area contributed by atoms with Gasteiger partial charge in [-0.05, 0) is 51.6 Å². The standard InChI is InChI=1S/C20H34N4O/c1-23-15-21-14-19(23)20-13-17(9-12-25-20)22-16-7-10-24(11-8-16)18-5-3-2-4-6-18/h14-18,20,22H,2-13H2,1H3. The van der Waals surface area contributed by atoms with Gasteiger partial charge in [-0.15, -0.1) is 0 Å². The van der Waals surface area contributed by atoms with E-state index < -0.39 is 0 Å². The molecule has 2 saturated heterocycles. The molecule has 1 saturated carbocycles. The van der Waals surface area contributed by atoms with Crippen molar-refractivity contribution in [1.29, 1.82) is 0 Å². The first-order chi connectivity index (χ1) is 12.3. The van der Waals surface area contributed by atoms with E-state index in [4.69, 9.17) is 4.74 Å². The van der Waals surface area contributed by atoms with Gasteiger partial charge in [-0.2, -0.15) is 0 Å². The topological polar surface area (TPSA) is 42.3 Å². The Balaban J connectivity index is 1.25. The summed E-state index contributed by atoms with van der Waals surface area (Å²) in [6.07, 6.45) is 16.1. The van der Waals surface area contributed by atoms with Gasteiger partial charge in [-0.1, -0.05) is 19.3 Å². The van der Waals surface area contributed by atoms with Crippen molar-refractivity contribution in [3.63, 3.8) is 0 Å². The van der Waals surface area contributed by atoms with Crippen molar-refractivity contribution in [2.24, 2.45) is 7.05 Å². The third-order valence-corrected chi connectivity index (χ3v) is 6.56. The van der Waals surface area contributed by atoms with Crippen LogP contribution in [0.15, 0.2) is 12.5 Å². The van der Waals surface area contributed by atoms with E-state index in [-0.39, 0.29) is 6.10 Å². The number of nitrogens with one attached hydrogen (secondary N) is 1. The number of ether oxygens (including phenoxy) is 1. The summed E-state index contributed by atoms with van der Waals surface area (Å²) < 4.78 is 8.10. The summed E-state index contributed by atoms with van der Waals surface area (Å²) in [5.74, 6) is 0. The Bertz CT molecular complexity index is 532. The fraction of sp³-hybridized carbons (Fsp3) is 0.850. The van der Waals surface area contributed by atoms with Gasteiger partial charge < -0.3 is 19.5 Å². The number of rotatable bonds is 4. The summed E-state index contributed by atoms with van der Waals surface area (Å²) in [5, 5.41) is 3.96. The molecule has 1 aromatic heterocycles. The molecule has 1 aromatic rings. The molecule has 0 amide bonds. The average molecular weight is 347 g/mol. The van der Waals surface area contributed by atoms with Crippen molar-refractivity contribution < 1.29 is 4.74 Å². The van der Waals surface area contributed by atoms with Crippen LogP contribution in [0.25, 0.3) is 0 Å². The van der Waals surface area contributed by atoms with E-state index in [1.165, 1.54) is 63.7 Å². The molecular weight excluding hydrogens is 312 g/mol. The van der Waals surface area contributed by atoms with Crippen molar-refractivity contribution in [2.45, 2.75) is 82.0 Å². The molecule has 0 aromatic carbocycles. The lowest BCUT2D eigenvalue weighted by Gasteiger charge is -2.41. The van der Waals surface area contributed by atoms with Crippen LogP contribution in [0.3, 0.4) is 0 Å². The van der Waals surface area contributed by atoms with Crippen LogP contribution in [-0.2, 0) is 11.8 Å². The number of imidazole rings is 1. The van der Waals surface area contributed by atoms with Crippen molar-refractivity contribution in [1.82, 2.24) is 19.8 Å². The summed E-state index contributed by atoms with van der Waals surface area (Å²) in [6.45, 7) is 3.43. The highest BCUT2D eigenvalue weighted by Crippen LogP contribution is 2.29. The van der Waals surface area contributed by atoms with Crippen LogP contribution >= 0.6 is 0 Å². The molecule has 0 spiro atoms. The summed E-state index contributed by atoms with van der Waals surface area (Å²) in [7, 11) is 2.06. The maximum absolute atomic E-state index is 6.01. The highest BCUT2D eigenvalue weighted by Gasteiger charge is 2.30. The quantitative estimate of drug-likeness (QED) is 0.910. The fourth-order valence-electron chi connectivity index (χ4n) is 5.04. The zero-order valence-corrected chi connectivity index (χ0v) is 15.7. The van der Waals surface area contributed by atoms with E-state index in [0.717, 1.165) is 25.5 Å². The minimum Gasteiger partial charge on any atom is -0.372 e. The second-order valence-corrected chi connectivity index (χ2v) is 8.28. The third-order valence-electron chi connectivity index (χ3n) is 6.56. The third kappa shape index (κ3) is 4.26. The normalized spacial score (nSPS) is 30.6. The van der Waals surface area contributed by atoms with Gasteiger partial charge in [-0.25, -0.2) is 4.98 Å². The Morgan fingerprint density at radius 3 is 2.56 bits per heavy atom. The molecule has 1 N–H and O–H groups in total. The first kappa shape index (κ1) is 17.5. The first-order valence-electron chi connectivity index (χ1n) is 10.4. The molecule has 2 unspecified atom stereocenters. The summed E-state index contributed by atoms with van der Waals surface area (Å²) in [6, 6.07) is 2.15. The maximum atomic E-state index is 6.01. The number of likely N-dealkylation sites (tertiary alicyclic amines) is 1. The minimum atomic E-state index is 0.195. The second kappa shape index (κ2) is 8.19. The molecule has 25 heavy (non-hydrogen) atoms. The van der Waals surface area contributed by atoms with Gasteiger partial charge in [0.05, 0.1) is 18.2 Å². The van der Waals surface area contributed by atoms with Crippen LogP contribution in [0.1, 0.15) is 69.6 Å². The van der Waals surface area contributed by atoms with Crippen LogP contribution in [0, 0.1) is 0 Å².